The van der Waals surface area contributed by atoms with Crippen molar-refractivity contribution in [2.75, 3.05) is 11.6 Å². The summed E-state index contributed by atoms with van der Waals surface area (Å²) in [5.74, 6) is -0.137. The van der Waals surface area contributed by atoms with E-state index in [1.165, 1.54) is 12.1 Å². The van der Waals surface area contributed by atoms with Gasteiger partial charge in [0.1, 0.15) is 5.82 Å². The highest BCUT2D eigenvalue weighted by Crippen LogP contribution is 2.52. The monoisotopic (exact) mass is 551 g/mol. The van der Waals surface area contributed by atoms with Crippen molar-refractivity contribution in [3.63, 3.8) is 0 Å². The van der Waals surface area contributed by atoms with E-state index >= 15 is 0 Å². The first kappa shape index (κ1) is 25.2. The summed E-state index contributed by atoms with van der Waals surface area (Å²) in [6.07, 6.45) is -1.54. The summed E-state index contributed by atoms with van der Waals surface area (Å²) >= 11 is 0. The topological polar surface area (TPSA) is 107 Å². The molecule has 4 aromatic rings. The van der Waals surface area contributed by atoms with Crippen LogP contribution in [0.1, 0.15) is 24.0 Å². The van der Waals surface area contributed by atoms with Gasteiger partial charge in [-0.1, -0.05) is 48.5 Å². The number of hydrogen-bond acceptors (Lipinski definition) is 6. The average Bonchev–Trinajstić information content (AvgIpc) is 3.64. The lowest BCUT2D eigenvalue weighted by Crippen LogP contribution is -2.28. The number of aromatic nitrogens is 1. The highest BCUT2D eigenvalue weighted by Gasteiger charge is 2.53. The molecular weight excluding hydrogens is 528 g/mol. The molecule has 1 fully saturated rings. The zero-order valence-corrected chi connectivity index (χ0v) is 21.5. The number of rotatable bonds is 7. The Labute approximate surface area is 223 Å². The van der Waals surface area contributed by atoms with E-state index in [9.17, 15) is 22.0 Å². The van der Waals surface area contributed by atoms with Gasteiger partial charge in [0.25, 0.3) is 0 Å². The Morgan fingerprint density at radius 2 is 1.74 bits per heavy atom. The molecule has 39 heavy (non-hydrogen) atoms. The van der Waals surface area contributed by atoms with Gasteiger partial charge in [0.05, 0.1) is 17.4 Å². The van der Waals surface area contributed by atoms with E-state index in [2.05, 4.69) is 19.5 Å². The molecule has 200 valence electrons. The minimum Gasteiger partial charge on any atom is -0.395 e. The Morgan fingerprint density at radius 3 is 2.51 bits per heavy atom. The van der Waals surface area contributed by atoms with Crippen molar-refractivity contribution in [2.45, 2.75) is 31.1 Å². The maximum absolute atomic E-state index is 13.5. The Morgan fingerprint density at radius 1 is 0.974 bits per heavy atom. The summed E-state index contributed by atoms with van der Waals surface area (Å²) in [7, 11) is -3.36. The second kappa shape index (κ2) is 8.99. The average molecular weight is 552 g/mol. The molecule has 0 radical (unpaired) electrons. The first-order chi connectivity index (χ1) is 18.5. The van der Waals surface area contributed by atoms with Crippen molar-refractivity contribution in [1.82, 2.24) is 9.71 Å². The largest absolute Gasteiger partial charge is 0.586 e. The number of carbonyl (C=O) groups excluding carboxylic acids is 1. The first-order valence-corrected chi connectivity index (χ1v) is 14.1. The fraction of sp³-hybridized carbons (Fsp3) is 0.214. The molecular formula is C28H23F2N3O5S. The number of ether oxygens (including phenoxy) is 2. The van der Waals surface area contributed by atoms with Gasteiger partial charge in [-0.2, -0.15) is 0 Å². The van der Waals surface area contributed by atoms with E-state index in [0.29, 0.717) is 29.9 Å². The molecule has 0 spiro atoms. The standard InChI is InChI=1S/C28H23F2N3O5S/c1-39(35,36)31-16-17-5-4-7-19(13-17)25-21-8-3-2-6-18(21)14-24(32-25)33-26(34)27(11-12-27)20-9-10-22-23(15-20)38-28(29,30)37-22/h2-10,13-15,31H,11-12,16H2,1H3,(H,32,33,34). The molecule has 1 aromatic heterocycles. The summed E-state index contributed by atoms with van der Waals surface area (Å²) in [6, 6.07) is 21.2. The minimum absolute atomic E-state index is 0.0743. The predicted molar refractivity (Wildman–Crippen MR) is 141 cm³/mol. The second-order valence-electron chi connectivity index (χ2n) is 9.74. The number of pyridine rings is 1. The number of halogens is 2. The van der Waals surface area contributed by atoms with Crippen LogP contribution in [0.15, 0.2) is 72.8 Å². The van der Waals surface area contributed by atoms with E-state index in [-0.39, 0.29) is 24.0 Å². The number of nitrogens with one attached hydrogen (secondary N) is 2. The molecule has 0 saturated heterocycles. The summed E-state index contributed by atoms with van der Waals surface area (Å²) in [6.45, 7) is 0.130. The van der Waals surface area contributed by atoms with Crippen LogP contribution in [0, 0.1) is 0 Å². The molecule has 2 N–H and O–H groups in total. The van der Waals surface area contributed by atoms with Crippen molar-refractivity contribution < 1.29 is 31.5 Å². The smallest absolute Gasteiger partial charge is 0.395 e. The molecule has 2 heterocycles. The number of anilines is 1. The number of alkyl halides is 2. The molecule has 0 atom stereocenters. The van der Waals surface area contributed by atoms with Crippen molar-refractivity contribution >= 4 is 32.5 Å². The van der Waals surface area contributed by atoms with E-state index < -0.39 is 21.7 Å². The Balaban J connectivity index is 1.31. The van der Waals surface area contributed by atoms with Gasteiger partial charge >= 0.3 is 6.29 Å². The van der Waals surface area contributed by atoms with Crippen LogP contribution in [0.3, 0.4) is 0 Å². The lowest BCUT2D eigenvalue weighted by Gasteiger charge is -2.17. The fourth-order valence-electron chi connectivity index (χ4n) is 4.78. The maximum Gasteiger partial charge on any atom is 0.586 e. The predicted octanol–water partition coefficient (Wildman–Crippen LogP) is 4.94. The molecule has 1 aliphatic heterocycles. The van der Waals surface area contributed by atoms with Gasteiger partial charge in [0.15, 0.2) is 11.5 Å². The van der Waals surface area contributed by atoms with Crippen LogP contribution in [0.5, 0.6) is 11.5 Å². The zero-order valence-electron chi connectivity index (χ0n) is 20.7. The van der Waals surface area contributed by atoms with Gasteiger partial charge in [-0.3, -0.25) is 4.79 Å². The number of carbonyl (C=O) groups is 1. The molecule has 11 heteroatoms. The lowest BCUT2D eigenvalue weighted by atomic mass is 9.94. The van der Waals surface area contributed by atoms with E-state index in [0.717, 1.165) is 28.2 Å². The Kier molecular flexibility index (Phi) is 5.81. The van der Waals surface area contributed by atoms with Crippen LogP contribution in [0.2, 0.25) is 0 Å². The number of amides is 1. The molecule has 2 aliphatic rings. The third-order valence-corrected chi connectivity index (χ3v) is 7.53. The van der Waals surface area contributed by atoms with Gasteiger partial charge in [0, 0.05) is 17.5 Å². The quantitative estimate of drug-likeness (QED) is 0.337. The first-order valence-electron chi connectivity index (χ1n) is 12.2. The van der Waals surface area contributed by atoms with Gasteiger partial charge in [-0.05, 0) is 53.6 Å². The van der Waals surface area contributed by atoms with Gasteiger partial charge in [-0.15, -0.1) is 8.78 Å². The van der Waals surface area contributed by atoms with E-state index in [1.807, 2.05) is 48.5 Å². The highest BCUT2D eigenvalue weighted by molar-refractivity contribution is 7.88. The van der Waals surface area contributed by atoms with Gasteiger partial charge < -0.3 is 14.8 Å². The minimum atomic E-state index is -3.73. The normalized spacial score (nSPS) is 16.7. The fourth-order valence-corrected chi connectivity index (χ4v) is 5.21. The highest BCUT2D eigenvalue weighted by atomic mass is 32.2. The van der Waals surface area contributed by atoms with Crippen LogP contribution in [-0.4, -0.2) is 31.9 Å². The number of sulfonamides is 1. The molecule has 1 aliphatic carbocycles. The van der Waals surface area contributed by atoms with Crippen molar-refractivity contribution in [2.24, 2.45) is 0 Å². The summed E-state index contributed by atoms with van der Waals surface area (Å²) in [5.41, 5.74) is 1.81. The molecule has 0 bridgehead atoms. The maximum atomic E-state index is 13.5. The van der Waals surface area contributed by atoms with Crippen molar-refractivity contribution in [1.29, 1.82) is 0 Å². The lowest BCUT2D eigenvalue weighted by molar-refractivity contribution is -0.286. The number of fused-ring (bicyclic) bond motifs is 2. The summed E-state index contributed by atoms with van der Waals surface area (Å²) in [4.78, 5) is 18.3. The Bertz CT molecular complexity index is 1740. The third kappa shape index (κ3) is 5.02. The number of nitrogens with zero attached hydrogens (tertiary/aromatic N) is 1. The number of hydrogen-bond donors (Lipinski definition) is 2. The summed E-state index contributed by atoms with van der Waals surface area (Å²) < 4.78 is 61.6. The van der Waals surface area contributed by atoms with Crippen LogP contribution >= 0.6 is 0 Å². The van der Waals surface area contributed by atoms with Crippen LogP contribution in [-0.2, 0) is 26.8 Å². The zero-order chi connectivity index (χ0) is 27.4. The summed E-state index contributed by atoms with van der Waals surface area (Å²) in [5, 5.41) is 4.64. The molecule has 3 aromatic carbocycles. The molecule has 8 nitrogen and oxygen atoms in total. The van der Waals surface area contributed by atoms with Gasteiger partial charge in [0.2, 0.25) is 15.9 Å². The second-order valence-corrected chi connectivity index (χ2v) is 11.6. The molecule has 1 saturated carbocycles. The number of benzene rings is 3. The Hall–Kier alpha value is -4.09. The van der Waals surface area contributed by atoms with E-state index in [1.54, 1.807) is 12.1 Å². The van der Waals surface area contributed by atoms with Crippen molar-refractivity contribution in [3.8, 4) is 22.8 Å². The van der Waals surface area contributed by atoms with Gasteiger partial charge in [-0.25, -0.2) is 18.1 Å². The SMILES string of the molecule is CS(=O)(=O)NCc1cccc(-c2nc(NC(=O)C3(c4ccc5c(c4)OC(F)(F)O5)CC3)cc3ccccc23)c1. The van der Waals surface area contributed by atoms with Crippen LogP contribution in [0.25, 0.3) is 22.0 Å². The molecule has 6 rings (SSSR count). The van der Waals surface area contributed by atoms with E-state index in [4.69, 9.17) is 4.98 Å². The van der Waals surface area contributed by atoms with Crippen molar-refractivity contribution in [3.05, 3.63) is 83.9 Å². The molecule has 1 amide bonds. The third-order valence-electron chi connectivity index (χ3n) is 6.86. The van der Waals surface area contributed by atoms with Crippen LogP contribution < -0.4 is 19.5 Å². The molecule has 0 unspecified atom stereocenters. The van der Waals surface area contributed by atoms with Crippen LogP contribution in [0.4, 0.5) is 14.6 Å².